The monoisotopic (exact) mass is 255 g/mol. The molecule has 96 valence electrons. The molecule has 1 N–H and O–H groups in total. The van der Waals surface area contributed by atoms with E-state index in [1.807, 2.05) is 0 Å². The van der Waals surface area contributed by atoms with Crippen LogP contribution in [0.15, 0.2) is 18.2 Å². The summed E-state index contributed by atoms with van der Waals surface area (Å²) in [7, 11) is 0. The van der Waals surface area contributed by atoms with Crippen molar-refractivity contribution < 1.29 is 23.5 Å². The highest BCUT2D eigenvalue weighted by Gasteiger charge is 2.34. The second-order valence-corrected chi connectivity index (χ2v) is 4.12. The first-order valence-electron chi connectivity index (χ1n) is 5.49. The number of carboxylic acid groups (broad SMARTS) is 1. The summed E-state index contributed by atoms with van der Waals surface area (Å²) < 4.78 is 25.8. The first-order chi connectivity index (χ1) is 8.50. The van der Waals surface area contributed by atoms with Crippen molar-refractivity contribution in [3.8, 4) is 0 Å². The Hall–Kier alpha value is -1.98. The Morgan fingerprint density at radius 3 is 2.61 bits per heavy atom. The highest BCUT2D eigenvalue weighted by atomic mass is 19.2. The van der Waals surface area contributed by atoms with Gasteiger partial charge in [0.05, 0.1) is 0 Å². The van der Waals surface area contributed by atoms with Gasteiger partial charge in [0.1, 0.15) is 6.04 Å². The third-order valence-electron chi connectivity index (χ3n) is 2.97. The molecule has 1 saturated heterocycles. The molecule has 1 atom stereocenters. The molecule has 1 aliphatic rings. The van der Waals surface area contributed by atoms with Crippen LogP contribution in [-0.4, -0.2) is 34.5 Å². The number of likely N-dealkylation sites (tertiary alicyclic amines) is 1. The zero-order valence-electron chi connectivity index (χ0n) is 9.40. The van der Waals surface area contributed by atoms with Crippen LogP contribution < -0.4 is 0 Å². The molecule has 18 heavy (non-hydrogen) atoms. The lowest BCUT2D eigenvalue weighted by Crippen LogP contribution is -2.40. The van der Waals surface area contributed by atoms with Crippen LogP contribution in [0.5, 0.6) is 0 Å². The SMILES string of the molecule is O=C(O)[C@H]1CCCN1C(=O)c1ccc(F)c(F)c1. The third-order valence-corrected chi connectivity index (χ3v) is 2.97. The molecule has 1 fully saturated rings. The van der Waals surface area contributed by atoms with Crippen molar-refractivity contribution in [1.29, 1.82) is 0 Å². The molecular weight excluding hydrogens is 244 g/mol. The fourth-order valence-corrected chi connectivity index (χ4v) is 2.06. The minimum Gasteiger partial charge on any atom is -0.480 e. The Balaban J connectivity index is 2.25. The number of carbonyl (C=O) groups is 2. The van der Waals surface area contributed by atoms with E-state index in [0.717, 1.165) is 18.2 Å². The lowest BCUT2D eigenvalue weighted by molar-refractivity contribution is -0.141. The van der Waals surface area contributed by atoms with Gasteiger partial charge in [0.15, 0.2) is 11.6 Å². The molecule has 1 amide bonds. The number of aliphatic carboxylic acids is 1. The zero-order chi connectivity index (χ0) is 13.3. The second-order valence-electron chi connectivity index (χ2n) is 4.12. The van der Waals surface area contributed by atoms with Gasteiger partial charge in [-0.1, -0.05) is 0 Å². The van der Waals surface area contributed by atoms with E-state index in [1.54, 1.807) is 0 Å². The zero-order valence-corrected chi connectivity index (χ0v) is 9.40. The molecule has 0 bridgehead atoms. The normalized spacial score (nSPS) is 19.0. The van der Waals surface area contributed by atoms with Gasteiger partial charge in [-0.25, -0.2) is 13.6 Å². The van der Waals surface area contributed by atoms with Crippen molar-refractivity contribution in [3.63, 3.8) is 0 Å². The maximum atomic E-state index is 13.0. The van der Waals surface area contributed by atoms with Gasteiger partial charge in [-0.15, -0.1) is 0 Å². The standard InChI is InChI=1S/C12H11F2NO3/c13-8-4-3-7(6-9(8)14)11(16)15-5-1-2-10(15)12(17)18/h3-4,6,10H,1-2,5H2,(H,17,18)/t10-/m1/s1. The second kappa shape index (κ2) is 4.72. The summed E-state index contributed by atoms with van der Waals surface area (Å²) in [5, 5.41) is 8.95. The van der Waals surface area contributed by atoms with Crippen LogP contribution in [0.1, 0.15) is 23.2 Å². The Bertz CT molecular complexity index is 504. The molecule has 6 heteroatoms. The molecule has 4 nitrogen and oxygen atoms in total. The van der Waals surface area contributed by atoms with Crippen molar-refractivity contribution in [3.05, 3.63) is 35.4 Å². The molecule has 0 saturated carbocycles. The molecule has 0 unspecified atom stereocenters. The van der Waals surface area contributed by atoms with Crippen LogP contribution in [0, 0.1) is 11.6 Å². The van der Waals surface area contributed by atoms with Crippen molar-refractivity contribution in [2.24, 2.45) is 0 Å². The van der Waals surface area contributed by atoms with Gasteiger partial charge in [0.2, 0.25) is 0 Å². The molecule has 0 aromatic heterocycles. The van der Waals surface area contributed by atoms with Crippen molar-refractivity contribution in [2.45, 2.75) is 18.9 Å². The van der Waals surface area contributed by atoms with Gasteiger partial charge in [0.25, 0.3) is 5.91 Å². The van der Waals surface area contributed by atoms with Crippen LogP contribution >= 0.6 is 0 Å². The summed E-state index contributed by atoms with van der Waals surface area (Å²) >= 11 is 0. The fourth-order valence-electron chi connectivity index (χ4n) is 2.06. The number of carbonyl (C=O) groups excluding carboxylic acids is 1. The molecule has 0 spiro atoms. The number of hydrogen-bond donors (Lipinski definition) is 1. The summed E-state index contributed by atoms with van der Waals surface area (Å²) in [6.45, 7) is 0.314. The topological polar surface area (TPSA) is 57.6 Å². The van der Waals surface area contributed by atoms with Gasteiger partial charge in [0, 0.05) is 12.1 Å². The van der Waals surface area contributed by atoms with Gasteiger partial charge >= 0.3 is 5.97 Å². The number of benzene rings is 1. The fraction of sp³-hybridized carbons (Fsp3) is 0.333. The summed E-state index contributed by atoms with van der Waals surface area (Å²) in [6, 6.07) is 1.91. The predicted molar refractivity (Wildman–Crippen MR) is 58.1 cm³/mol. The summed E-state index contributed by atoms with van der Waals surface area (Å²) in [6.07, 6.45) is 0.969. The smallest absolute Gasteiger partial charge is 0.326 e. The quantitative estimate of drug-likeness (QED) is 0.874. The van der Waals surface area contributed by atoms with E-state index in [1.165, 1.54) is 4.90 Å². The Morgan fingerprint density at radius 1 is 1.28 bits per heavy atom. The number of nitrogens with zero attached hydrogens (tertiary/aromatic N) is 1. The maximum Gasteiger partial charge on any atom is 0.326 e. The van der Waals surface area contributed by atoms with Crippen molar-refractivity contribution in [1.82, 2.24) is 4.90 Å². The highest BCUT2D eigenvalue weighted by molar-refractivity contribution is 5.96. The number of amides is 1. The first-order valence-corrected chi connectivity index (χ1v) is 5.49. The molecule has 0 aliphatic carbocycles. The van der Waals surface area contributed by atoms with Crippen LogP contribution in [0.25, 0.3) is 0 Å². The van der Waals surface area contributed by atoms with Gasteiger partial charge in [-0.3, -0.25) is 4.79 Å². The van der Waals surface area contributed by atoms with E-state index in [-0.39, 0.29) is 5.56 Å². The minimum absolute atomic E-state index is 0.0398. The first kappa shape index (κ1) is 12.5. The number of halogens is 2. The van der Waals surface area contributed by atoms with Crippen LogP contribution in [-0.2, 0) is 4.79 Å². The third kappa shape index (κ3) is 2.18. The van der Waals surface area contributed by atoms with E-state index in [0.29, 0.717) is 19.4 Å². The number of rotatable bonds is 2. The van der Waals surface area contributed by atoms with Gasteiger partial charge < -0.3 is 10.0 Å². The molecule has 1 aliphatic heterocycles. The average molecular weight is 255 g/mol. The molecule has 0 radical (unpaired) electrons. The number of hydrogen-bond acceptors (Lipinski definition) is 2. The lowest BCUT2D eigenvalue weighted by atomic mass is 10.1. The largest absolute Gasteiger partial charge is 0.480 e. The van der Waals surface area contributed by atoms with Crippen molar-refractivity contribution >= 4 is 11.9 Å². The average Bonchev–Trinajstić information content (AvgIpc) is 2.81. The van der Waals surface area contributed by atoms with Crippen LogP contribution in [0.2, 0.25) is 0 Å². The van der Waals surface area contributed by atoms with Gasteiger partial charge in [-0.2, -0.15) is 0 Å². The summed E-state index contributed by atoms with van der Waals surface area (Å²) in [5.74, 6) is -3.82. The Labute approximate surface area is 102 Å². The maximum absolute atomic E-state index is 13.0. The van der Waals surface area contributed by atoms with E-state index >= 15 is 0 Å². The highest BCUT2D eigenvalue weighted by Crippen LogP contribution is 2.21. The summed E-state index contributed by atoms with van der Waals surface area (Å²) in [4.78, 5) is 24.1. The summed E-state index contributed by atoms with van der Waals surface area (Å²) in [5.41, 5.74) is -0.0398. The minimum atomic E-state index is -1.12. The molecule has 1 heterocycles. The van der Waals surface area contributed by atoms with Gasteiger partial charge in [-0.05, 0) is 31.0 Å². The molecule has 2 rings (SSSR count). The number of carboxylic acids is 1. The van der Waals surface area contributed by atoms with E-state index in [2.05, 4.69) is 0 Å². The van der Waals surface area contributed by atoms with E-state index in [9.17, 15) is 18.4 Å². The molecular formula is C12H11F2NO3. The van der Waals surface area contributed by atoms with E-state index in [4.69, 9.17) is 5.11 Å². The lowest BCUT2D eigenvalue weighted by Gasteiger charge is -2.21. The van der Waals surface area contributed by atoms with Crippen LogP contribution in [0.4, 0.5) is 8.78 Å². The van der Waals surface area contributed by atoms with Crippen LogP contribution in [0.3, 0.4) is 0 Å². The van der Waals surface area contributed by atoms with E-state index < -0.39 is 29.6 Å². The predicted octanol–water partition coefficient (Wildman–Crippen LogP) is 1.65. The Morgan fingerprint density at radius 2 is 2.00 bits per heavy atom. The molecule has 1 aromatic rings. The van der Waals surface area contributed by atoms with Crippen molar-refractivity contribution in [2.75, 3.05) is 6.54 Å². The molecule has 1 aromatic carbocycles. The Kier molecular flexibility index (Phi) is 3.27.